The molecule has 0 atom stereocenters. The zero-order valence-electron chi connectivity index (χ0n) is 11.3. The van der Waals surface area contributed by atoms with Crippen molar-refractivity contribution in [3.05, 3.63) is 59.7 Å². The molecule has 0 saturated heterocycles. The second kappa shape index (κ2) is 6.66. The van der Waals surface area contributed by atoms with E-state index in [1.54, 1.807) is 0 Å². The molecule has 2 aromatic rings. The molecule has 0 heterocycles. The van der Waals surface area contributed by atoms with Gasteiger partial charge in [0.2, 0.25) is 0 Å². The largest absolute Gasteiger partial charge is 0.452 e. The maximum absolute atomic E-state index is 13.0. The number of amides is 1. The molecule has 0 aromatic heterocycles. The van der Waals surface area contributed by atoms with Crippen molar-refractivity contribution in [2.75, 3.05) is 17.7 Å². The molecule has 0 saturated carbocycles. The second-order valence-electron chi connectivity index (χ2n) is 4.38. The first-order valence-corrected chi connectivity index (χ1v) is 6.23. The van der Waals surface area contributed by atoms with Gasteiger partial charge in [-0.3, -0.25) is 4.79 Å². The number of nitrogens with one attached hydrogen (secondary N) is 1. The van der Waals surface area contributed by atoms with E-state index >= 15 is 0 Å². The molecule has 3 N–H and O–H groups in total. The van der Waals surface area contributed by atoms with E-state index in [4.69, 9.17) is 10.5 Å². The molecule has 0 spiro atoms. The van der Waals surface area contributed by atoms with Crippen LogP contribution in [0.15, 0.2) is 42.5 Å². The highest BCUT2D eigenvalue weighted by Gasteiger charge is 2.11. The van der Waals surface area contributed by atoms with Crippen molar-refractivity contribution in [2.24, 2.45) is 0 Å². The van der Waals surface area contributed by atoms with Crippen molar-refractivity contribution in [1.29, 1.82) is 0 Å². The zero-order valence-corrected chi connectivity index (χ0v) is 11.3. The number of hydrogen-bond acceptors (Lipinski definition) is 4. The lowest BCUT2D eigenvalue weighted by molar-refractivity contribution is -0.119. The molecule has 114 valence electrons. The van der Waals surface area contributed by atoms with Crippen LogP contribution in [0.5, 0.6) is 0 Å². The molecule has 0 radical (unpaired) electrons. The lowest BCUT2D eigenvalue weighted by atomic mass is 10.2. The van der Waals surface area contributed by atoms with Crippen molar-refractivity contribution in [3.63, 3.8) is 0 Å². The van der Waals surface area contributed by atoms with Gasteiger partial charge in [-0.15, -0.1) is 0 Å². The molecule has 0 aliphatic rings. The van der Waals surface area contributed by atoms with Crippen LogP contribution in [0.4, 0.5) is 20.2 Å². The Bertz CT molecular complexity index is 702. The highest BCUT2D eigenvalue weighted by molar-refractivity contribution is 5.95. The average Bonchev–Trinajstić information content (AvgIpc) is 2.49. The zero-order chi connectivity index (χ0) is 16.1. The van der Waals surface area contributed by atoms with E-state index in [-0.39, 0.29) is 11.3 Å². The number of halogens is 2. The van der Waals surface area contributed by atoms with Gasteiger partial charge in [-0.2, -0.15) is 0 Å². The Balaban J connectivity index is 1.88. The maximum Gasteiger partial charge on any atom is 0.338 e. The first-order valence-electron chi connectivity index (χ1n) is 6.23. The third kappa shape index (κ3) is 4.02. The molecule has 5 nitrogen and oxygen atoms in total. The number of nitrogens with two attached hydrogens (primary N) is 1. The van der Waals surface area contributed by atoms with Crippen LogP contribution in [-0.4, -0.2) is 18.5 Å². The molecule has 0 unspecified atom stereocenters. The topological polar surface area (TPSA) is 81.4 Å². The van der Waals surface area contributed by atoms with Crippen molar-refractivity contribution in [1.82, 2.24) is 0 Å². The molecule has 0 aliphatic carbocycles. The SMILES string of the molecule is Nc1ccc(C(=O)OCC(=O)Nc2ccc(F)c(F)c2)cc1. The van der Waals surface area contributed by atoms with Gasteiger partial charge in [-0.1, -0.05) is 0 Å². The number of carbonyl (C=O) groups excluding carboxylic acids is 2. The summed E-state index contributed by atoms with van der Waals surface area (Å²) in [5.41, 5.74) is 6.29. The number of rotatable bonds is 4. The Labute approximate surface area is 124 Å². The second-order valence-corrected chi connectivity index (χ2v) is 4.38. The van der Waals surface area contributed by atoms with Crippen molar-refractivity contribution < 1.29 is 23.1 Å². The smallest absolute Gasteiger partial charge is 0.338 e. The summed E-state index contributed by atoms with van der Waals surface area (Å²) in [6, 6.07) is 8.88. The number of hydrogen-bond donors (Lipinski definition) is 2. The van der Waals surface area contributed by atoms with E-state index in [9.17, 15) is 18.4 Å². The molecule has 0 fully saturated rings. The van der Waals surface area contributed by atoms with Crippen LogP contribution in [0.25, 0.3) is 0 Å². The summed E-state index contributed by atoms with van der Waals surface area (Å²) in [6.07, 6.45) is 0. The van der Waals surface area contributed by atoms with Gasteiger partial charge in [0, 0.05) is 17.4 Å². The lowest BCUT2D eigenvalue weighted by Crippen LogP contribution is -2.21. The Hall–Kier alpha value is -2.96. The molecular formula is C15H12F2N2O3. The minimum absolute atomic E-state index is 0.0624. The lowest BCUT2D eigenvalue weighted by Gasteiger charge is -2.07. The maximum atomic E-state index is 13.0. The van der Waals surface area contributed by atoms with Gasteiger partial charge >= 0.3 is 5.97 Å². The van der Waals surface area contributed by atoms with Gasteiger partial charge in [-0.05, 0) is 36.4 Å². The molecule has 0 aliphatic heterocycles. The fraction of sp³-hybridized carbons (Fsp3) is 0.0667. The monoisotopic (exact) mass is 306 g/mol. The van der Waals surface area contributed by atoms with Crippen molar-refractivity contribution in [3.8, 4) is 0 Å². The van der Waals surface area contributed by atoms with Crippen LogP contribution < -0.4 is 11.1 Å². The Morgan fingerprint density at radius 3 is 2.36 bits per heavy atom. The minimum atomic E-state index is -1.09. The Morgan fingerprint density at radius 2 is 1.73 bits per heavy atom. The van der Waals surface area contributed by atoms with Gasteiger partial charge in [0.15, 0.2) is 18.2 Å². The third-order valence-electron chi connectivity index (χ3n) is 2.68. The Kier molecular flexibility index (Phi) is 4.67. The predicted molar refractivity (Wildman–Crippen MR) is 76.1 cm³/mol. The molecule has 22 heavy (non-hydrogen) atoms. The quantitative estimate of drug-likeness (QED) is 0.671. The van der Waals surface area contributed by atoms with Gasteiger partial charge in [0.05, 0.1) is 5.56 Å². The number of ether oxygens (including phenoxy) is 1. The van der Waals surface area contributed by atoms with Crippen LogP contribution in [0.2, 0.25) is 0 Å². The minimum Gasteiger partial charge on any atom is -0.452 e. The van der Waals surface area contributed by atoms with Gasteiger partial charge in [0.25, 0.3) is 5.91 Å². The van der Waals surface area contributed by atoms with Crippen LogP contribution in [0, 0.1) is 11.6 Å². The third-order valence-corrected chi connectivity index (χ3v) is 2.68. The van der Waals surface area contributed by atoms with E-state index in [1.165, 1.54) is 30.3 Å². The molecule has 0 bridgehead atoms. The van der Waals surface area contributed by atoms with E-state index in [0.29, 0.717) is 5.69 Å². The summed E-state index contributed by atoms with van der Waals surface area (Å²) in [5, 5.41) is 2.28. The van der Waals surface area contributed by atoms with Crippen molar-refractivity contribution >= 4 is 23.3 Å². The summed E-state index contributed by atoms with van der Waals surface area (Å²) in [5.74, 6) is -3.47. The summed E-state index contributed by atoms with van der Waals surface area (Å²) in [6.45, 7) is -0.553. The predicted octanol–water partition coefficient (Wildman–Crippen LogP) is 2.34. The van der Waals surface area contributed by atoms with Crippen LogP contribution in [-0.2, 0) is 9.53 Å². The molecule has 1 amide bonds. The normalized spacial score (nSPS) is 10.1. The number of anilines is 2. The van der Waals surface area contributed by atoms with E-state index in [1.807, 2.05) is 0 Å². The highest BCUT2D eigenvalue weighted by atomic mass is 19.2. The fourth-order valence-electron chi connectivity index (χ4n) is 1.60. The summed E-state index contributed by atoms with van der Waals surface area (Å²) in [4.78, 5) is 23.2. The van der Waals surface area contributed by atoms with Gasteiger partial charge < -0.3 is 15.8 Å². The van der Waals surface area contributed by atoms with E-state index in [0.717, 1.165) is 12.1 Å². The number of carbonyl (C=O) groups is 2. The van der Waals surface area contributed by atoms with Crippen LogP contribution in [0.3, 0.4) is 0 Å². The molecule has 7 heteroatoms. The standard InChI is InChI=1S/C15H12F2N2O3/c16-12-6-5-11(7-13(12)17)19-14(20)8-22-15(21)9-1-3-10(18)4-2-9/h1-7H,8,18H2,(H,19,20). The number of nitrogen functional groups attached to an aromatic ring is 1. The van der Waals surface area contributed by atoms with Gasteiger partial charge in [-0.25, -0.2) is 13.6 Å². The average molecular weight is 306 g/mol. The summed E-state index contributed by atoms with van der Waals surface area (Å²) >= 11 is 0. The fourth-order valence-corrected chi connectivity index (χ4v) is 1.60. The Morgan fingerprint density at radius 1 is 1.05 bits per heavy atom. The van der Waals surface area contributed by atoms with Gasteiger partial charge in [0.1, 0.15) is 0 Å². The number of esters is 1. The molecular weight excluding hydrogens is 294 g/mol. The van der Waals surface area contributed by atoms with Crippen molar-refractivity contribution in [2.45, 2.75) is 0 Å². The van der Waals surface area contributed by atoms with E-state index < -0.39 is 30.1 Å². The highest BCUT2D eigenvalue weighted by Crippen LogP contribution is 2.13. The number of benzene rings is 2. The first-order chi connectivity index (χ1) is 10.5. The molecule has 2 rings (SSSR count). The summed E-state index contributed by atoms with van der Waals surface area (Å²) in [7, 11) is 0. The van der Waals surface area contributed by atoms with Crippen LogP contribution >= 0.6 is 0 Å². The summed E-state index contributed by atoms with van der Waals surface area (Å²) < 4.78 is 30.5. The van der Waals surface area contributed by atoms with E-state index in [2.05, 4.69) is 5.32 Å². The van der Waals surface area contributed by atoms with Crippen LogP contribution in [0.1, 0.15) is 10.4 Å². The first kappa shape index (κ1) is 15.4. The molecule has 2 aromatic carbocycles.